The highest BCUT2D eigenvalue weighted by molar-refractivity contribution is 5.66. The van der Waals surface area contributed by atoms with Crippen LogP contribution in [0.5, 0.6) is 5.75 Å². The zero-order chi connectivity index (χ0) is 26.9. The van der Waals surface area contributed by atoms with Crippen molar-refractivity contribution in [3.05, 3.63) is 65.2 Å². The highest BCUT2D eigenvalue weighted by atomic mass is 16.4. The number of aryl methyl sites for hydroxylation is 1. The summed E-state index contributed by atoms with van der Waals surface area (Å²) in [5.74, 6) is -0.0512. The van der Waals surface area contributed by atoms with Gasteiger partial charge in [0.25, 0.3) is 0 Å². The molecule has 0 fully saturated rings. The number of hydrogen-bond donors (Lipinski definition) is 2. The Morgan fingerprint density at radius 1 is 0.861 bits per heavy atom. The van der Waals surface area contributed by atoms with Gasteiger partial charge in [0.1, 0.15) is 5.75 Å². The van der Waals surface area contributed by atoms with Crippen molar-refractivity contribution in [3.63, 3.8) is 0 Å². The maximum atomic E-state index is 10.4. The molecule has 0 radical (unpaired) electrons. The van der Waals surface area contributed by atoms with E-state index in [1.807, 2.05) is 18.2 Å². The minimum atomic E-state index is -0.663. The fraction of sp³-hybridized carbons (Fsp3) is 0.594. The van der Waals surface area contributed by atoms with E-state index in [4.69, 9.17) is 5.11 Å². The Morgan fingerprint density at radius 2 is 1.44 bits per heavy atom. The lowest BCUT2D eigenvalue weighted by Gasteiger charge is -2.32. The van der Waals surface area contributed by atoms with Crippen molar-refractivity contribution in [1.82, 2.24) is 4.90 Å². The molecule has 0 amide bonds. The van der Waals surface area contributed by atoms with E-state index in [2.05, 4.69) is 76.8 Å². The zero-order valence-electron chi connectivity index (χ0n) is 23.7. The minimum absolute atomic E-state index is 0.214. The van der Waals surface area contributed by atoms with Crippen LogP contribution in [0.3, 0.4) is 0 Å². The molecule has 0 aliphatic carbocycles. The SMILES string of the molecule is CCCCCCCCCC(=O)O.Cc1ccc(O)c([C@H](CCN(C(C)C)C(C)C)c2ccccc2)c1. The average molecular weight is 498 g/mol. The van der Waals surface area contributed by atoms with Crippen molar-refractivity contribution in [2.45, 2.75) is 117 Å². The van der Waals surface area contributed by atoms with Gasteiger partial charge in [-0.15, -0.1) is 0 Å². The van der Waals surface area contributed by atoms with Crippen LogP contribution in [0, 0.1) is 6.92 Å². The van der Waals surface area contributed by atoms with Crippen LogP contribution in [0.2, 0.25) is 0 Å². The van der Waals surface area contributed by atoms with Crippen LogP contribution in [0.4, 0.5) is 0 Å². The Hall–Kier alpha value is -2.33. The lowest BCUT2D eigenvalue weighted by molar-refractivity contribution is -0.137. The van der Waals surface area contributed by atoms with Gasteiger partial charge in [-0.05, 0) is 65.6 Å². The number of unbranched alkanes of at least 4 members (excludes halogenated alkanes) is 6. The molecule has 2 N–H and O–H groups in total. The first kappa shape index (κ1) is 31.7. The quantitative estimate of drug-likeness (QED) is 0.242. The second kappa shape index (κ2) is 18.0. The largest absolute Gasteiger partial charge is 0.508 e. The number of rotatable bonds is 15. The van der Waals surface area contributed by atoms with Crippen molar-refractivity contribution in [3.8, 4) is 5.75 Å². The number of nitrogens with zero attached hydrogens (tertiary/aromatic N) is 1. The molecule has 0 bridgehead atoms. The number of hydrogen-bond acceptors (Lipinski definition) is 3. The molecule has 2 rings (SSSR count). The van der Waals surface area contributed by atoms with Gasteiger partial charge < -0.3 is 10.2 Å². The Bertz CT molecular complexity index is 840. The van der Waals surface area contributed by atoms with Gasteiger partial charge in [-0.3, -0.25) is 9.69 Å². The molecule has 0 saturated heterocycles. The monoisotopic (exact) mass is 497 g/mol. The van der Waals surface area contributed by atoms with Gasteiger partial charge in [0.2, 0.25) is 0 Å². The Morgan fingerprint density at radius 3 is 2.00 bits per heavy atom. The predicted molar refractivity (Wildman–Crippen MR) is 153 cm³/mol. The number of aromatic hydroxyl groups is 1. The third-order valence-corrected chi connectivity index (χ3v) is 6.76. The normalized spacial score (nSPS) is 12.0. The highest BCUT2D eigenvalue weighted by Gasteiger charge is 2.21. The van der Waals surface area contributed by atoms with E-state index >= 15 is 0 Å². The summed E-state index contributed by atoms with van der Waals surface area (Å²) in [6.07, 6.45) is 9.64. The second-order valence-electron chi connectivity index (χ2n) is 10.5. The van der Waals surface area contributed by atoms with E-state index in [9.17, 15) is 9.90 Å². The van der Waals surface area contributed by atoms with E-state index in [1.54, 1.807) is 0 Å². The Labute approximate surface area is 220 Å². The Kier molecular flexibility index (Phi) is 15.8. The van der Waals surface area contributed by atoms with Gasteiger partial charge in [-0.2, -0.15) is 0 Å². The summed E-state index contributed by atoms with van der Waals surface area (Å²) in [6, 6.07) is 17.5. The van der Waals surface area contributed by atoms with E-state index in [0.29, 0.717) is 24.3 Å². The summed E-state index contributed by atoms with van der Waals surface area (Å²) in [5, 5.41) is 18.8. The first-order valence-corrected chi connectivity index (χ1v) is 14.0. The van der Waals surface area contributed by atoms with Crippen LogP contribution in [0.15, 0.2) is 48.5 Å². The molecule has 4 nitrogen and oxygen atoms in total. The third-order valence-electron chi connectivity index (χ3n) is 6.76. The lowest BCUT2D eigenvalue weighted by atomic mass is 9.87. The summed E-state index contributed by atoms with van der Waals surface area (Å²) in [5.41, 5.74) is 3.49. The zero-order valence-corrected chi connectivity index (χ0v) is 23.7. The molecular formula is C32H51NO3. The van der Waals surface area contributed by atoms with Gasteiger partial charge in [-0.25, -0.2) is 0 Å². The number of phenolic OH excluding ortho intramolecular Hbond substituents is 1. The Balaban J connectivity index is 0.000000457. The predicted octanol–water partition coefficient (Wildman–Crippen LogP) is 8.55. The first-order chi connectivity index (χ1) is 17.2. The standard InChI is InChI=1S/C22H31NO.C10H20O2/c1-16(2)23(17(3)4)14-13-20(19-9-7-6-8-10-19)21-15-18(5)11-12-22(21)24;1-2-3-4-5-6-7-8-9-10(11)12/h6-12,15-17,20,24H,13-14H2,1-5H3;2-9H2,1H3,(H,11,12)/t20-;/m1./s1. The second-order valence-corrected chi connectivity index (χ2v) is 10.5. The van der Waals surface area contributed by atoms with Crippen LogP contribution < -0.4 is 0 Å². The van der Waals surface area contributed by atoms with Crippen LogP contribution in [-0.4, -0.2) is 39.7 Å². The summed E-state index contributed by atoms with van der Waals surface area (Å²) in [6.45, 7) is 14.3. The molecule has 0 heterocycles. The lowest BCUT2D eigenvalue weighted by Crippen LogP contribution is -2.38. The van der Waals surface area contributed by atoms with Crippen LogP contribution in [0.1, 0.15) is 115 Å². The van der Waals surface area contributed by atoms with Crippen LogP contribution in [0.25, 0.3) is 0 Å². The topological polar surface area (TPSA) is 60.8 Å². The van der Waals surface area contributed by atoms with Gasteiger partial charge in [0.05, 0.1) is 0 Å². The molecule has 0 saturated carbocycles. The van der Waals surface area contributed by atoms with Crippen molar-refractivity contribution in [2.75, 3.05) is 6.54 Å². The molecular weight excluding hydrogens is 446 g/mol. The number of carboxylic acid groups (broad SMARTS) is 1. The van der Waals surface area contributed by atoms with Gasteiger partial charge in [0.15, 0.2) is 0 Å². The van der Waals surface area contributed by atoms with E-state index in [1.165, 1.54) is 43.2 Å². The molecule has 0 aliphatic heterocycles. The van der Waals surface area contributed by atoms with Gasteiger partial charge in [-0.1, -0.05) is 93.5 Å². The van der Waals surface area contributed by atoms with Crippen LogP contribution in [-0.2, 0) is 4.79 Å². The van der Waals surface area contributed by atoms with Gasteiger partial charge in [0, 0.05) is 30.0 Å². The molecule has 0 unspecified atom stereocenters. The number of carbonyl (C=O) groups is 1. The fourth-order valence-electron chi connectivity index (χ4n) is 4.76. The molecule has 4 heteroatoms. The number of phenols is 1. The molecule has 36 heavy (non-hydrogen) atoms. The molecule has 0 spiro atoms. The summed E-state index contributed by atoms with van der Waals surface area (Å²) in [7, 11) is 0. The third kappa shape index (κ3) is 12.6. The number of aliphatic carboxylic acids is 1. The summed E-state index contributed by atoms with van der Waals surface area (Å²) in [4.78, 5) is 12.7. The molecule has 2 aromatic carbocycles. The maximum Gasteiger partial charge on any atom is 0.303 e. The van der Waals surface area contributed by atoms with E-state index < -0.39 is 5.97 Å². The minimum Gasteiger partial charge on any atom is -0.508 e. The van der Waals surface area contributed by atoms with Crippen molar-refractivity contribution < 1.29 is 15.0 Å². The highest BCUT2D eigenvalue weighted by Crippen LogP contribution is 2.35. The number of benzene rings is 2. The molecule has 2 aromatic rings. The smallest absolute Gasteiger partial charge is 0.303 e. The summed E-state index contributed by atoms with van der Waals surface area (Å²) < 4.78 is 0. The number of carboxylic acids is 1. The molecule has 202 valence electrons. The molecule has 0 aliphatic rings. The van der Waals surface area contributed by atoms with Gasteiger partial charge >= 0.3 is 5.97 Å². The van der Waals surface area contributed by atoms with E-state index in [0.717, 1.165) is 31.4 Å². The average Bonchev–Trinajstić information content (AvgIpc) is 2.83. The summed E-state index contributed by atoms with van der Waals surface area (Å²) >= 11 is 0. The maximum absolute atomic E-state index is 10.4. The van der Waals surface area contributed by atoms with Crippen LogP contribution >= 0.6 is 0 Å². The fourth-order valence-corrected chi connectivity index (χ4v) is 4.76. The molecule has 0 aromatic heterocycles. The first-order valence-electron chi connectivity index (χ1n) is 14.0. The van der Waals surface area contributed by atoms with Crippen molar-refractivity contribution in [1.29, 1.82) is 0 Å². The van der Waals surface area contributed by atoms with Crippen molar-refractivity contribution >= 4 is 5.97 Å². The van der Waals surface area contributed by atoms with E-state index in [-0.39, 0.29) is 5.92 Å². The molecule has 1 atom stereocenters. The van der Waals surface area contributed by atoms with Crippen molar-refractivity contribution in [2.24, 2.45) is 0 Å².